The van der Waals surface area contributed by atoms with Gasteiger partial charge in [-0.05, 0) is 86.4 Å². The number of rotatable bonds is 5. The molecule has 0 unspecified atom stereocenters. The summed E-state index contributed by atoms with van der Waals surface area (Å²) in [6.07, 6.45) is 5.24. The van der Waals surface area contributed by atoms with E-state index in [1.165, 1.54) is 46.2 Å². The zero-order chi connectivity index (χ0) is 20.6. The lowest BCUT2D eigenvalue weighted by Crippen LogP contribution is -2.34. The maximum atomic E-state index is 6.44. The molecule has 0 aliphatic heterocycles. The average molecular weight is 391 g/mol. The monoisotopic (exact) mass is 390 g/mol. The number of aryl methyl sites for hydroxylation is 1. The molecule has 4 rings (SSSR count). The van der Waals surface area contributed by atoms with Crippen LogP contribution in [0.25, 0.3) is 22.0 Å². The first-order valence-corrected chi connectivity index (χ1v) is 10.4. The molecule has 0 saturated heterocycles. The van der Waals surface area contributed by atoms with Gasteiger partial charge in [-0.3, -0.25) is 4.98 Å². The molecule has 2 N–H and O–H groups in total. The van der Waals surface area contributed by atoms with E-state index in [1.807, 2.05) is 0 Å². The predicted octanol–water partition coefficient (Wildman–Crippen LogP) is 5.08. The summed E-state index contributed by atoms with van der Waals surface area (Å²) >= 11 is 0. The van der Waals surface area contributed by atoms with Crippen molar-refractivity contribution in [2.75, 3.05) is 14.2 Å². The maximum absolute atomic E-state index is 6.44. The number of benzene rings is 2. The Morgan fingerprint density at radius 1 is 1.00 bits per heavy atom. The van der Waals surface area contributed by atoms with Crippen LogP contribution in [0.2, 0.25) is 0 Å². The fraction of sp³-hybridized carbons (Fsp3) is 0.400. The zero-order valence-electron chi connectivity index (χ0n) is 17.8. The van der Waals surface area contributed by atoms with Gasteiger partial charge >= 0.3 is 0 Å². The molecule has 1 aromatic heterocycles. The van der Waals surface area contributed by atoms with Gasteiger partial charge in [-0.25, -0.2) is 0 Å². The number of hydrogen-bond donors (Lipinski definition) is 1. The molecule has 0 saturated carbocycles. The Morgan fingerprint density at radius 2 is 1.69 bits per heavy atom. The Hall–Kier alpha value is -2.59. The lowest BCUT2D eigenvalue weighted by molar-refractivity contribution is 0.354. The first-order chi connectivity index (χ1) is 13.9. The summed E-state index contributed by atoms with van der Waals surface area (Å²) < 4.78 is 11.3. The van der Waals surface area contributed by atoms with Crippen LogP contribution >= 0.6 is 0 Å². The maximum Gasteiger partial charge on any atom is 0.161 e. The standard InChI is InChI=1S/C25H30N2O2/c1-25(2,26)15-16-13-22(28-3)23(29-4)14-19(16)24-17-9-5-7-11-20(17)27-21-12-8-6-10-18(21)24/h5,7,9,11,13-14H,6,8,10,12,15,26H2,1-4H3. The third kappa shape index (κ3) is 3.82. The summed E-state index contributed by atoms with van der Waals surface area (Å²) in [7, 11) is 3.37. The fourth-order valence-corrected chi connectivity index (χ4v) is 4.47. The van der Waals surface area contributed by atoms with E-state index < -0.39 is 0 Å². The summed E-state index contributed by atoms with van der Waals surface area (Å²) in [6, 6.07) is 12.7. The van der Waals surface area contributed by atoms with E-state index in [0.717, 1.165) is 36.3 Å². The van der Waals surface area contributed by atoms with Gasteiger partial charge in [0.05, 0.1) is 19.7 Å². The van der Waals surface area contributed by atoms with Crippen molar-refractivity contribution in [3.8, 4) is 22.6 Å². The number of fused-ring (bicyclic) bond motifs is 2. The number of methoxy groups -OCH3 is 2. The van der Waals surface area contributed by atoms with Gasteiger partial charge in [-0.2, -0.15) is 0 Å². The lowest BCUT2D eigenvalue weighted by atomic mass is 9.83. The number of hydrogen-bond acceptors (Lipinski definition) is 4. The van der Waals surface area contributed by atoms with Gasteiger partial charge in [0.1, 0.15) is 0 Å². The van der Waals surface area contributed by atoms with Crippen LogP contribution in [0.15, 0.2) is 36.4 Å². The predicted molar refractivity (Wildman–Crippen MR) is 119 cm³/mol. The van der Waals surface area contributed by atoms with Crippen molar-refractivity contribution in [3.05, 3.63) is 53.2 Å². The average Bonchev–Trinajstić information content (AvgIpc) is 2.70. The summed E-state index contributed by atoms with van der Waals surface area (Å²) in [6.45, 7) is 4.13. The number of nitrogens with two attached hydrogens (primary N) is 1. The molecule has 3 aromatic rings. The van der Waals surface area contributed by atoms with Crippen LogP contribution in [0.1, 0.15) is 43.5 Å². The molecule has 0 radical (unpaired) electrons. The van der Waals surface area contributed by atoms with E-state index in [9.17, 15) is 0 Å². The second kappa shape index (κ2) is 7.68. The molecule has 1 aliphatic rings. The van der Waals surface area contributed by atoms with Crippen LogP contribution in [0.5, 0.6) is 11.5 Å². The lowest BCUT2D eigenvalue weighted by Gasteiger charge is -2.26. The van der Waals surface area contributed by atoms with Crippen molar-refractivity contribution in [2.45, 2.75) is 51.5 Å². The largest absolute Gasteiger partial charge is 0.493 e. The van der Waals surface area contributed by atoms with Crippen LogP contribution in [0.3, 0.4) is 0 Å². The number of nitrogens with zero attached hydrogens (tertiary/aromatic N) is 1. The van der Waals surface area contributed by atoms with Crippen molar-refractivity contribution in [2.24, 2.45) is 5.73 Å². The molecule has 29 heavy (non-hydrogen) atoms. The first kappa shape index (κ1) is 19.7. The van der Waals surface area contributed by atoms with Gasteiger partial charge in [0.15, 0.2) is 11.5 Å². The molecule has 4 heteroatoms. The molecular weight excluding hydrogens is 360 g/mol. The number of pyridine rings is 1. The SMILES string of the molecule is COc1cc(CC(C)(C)N)c(-c2c3c(nc4ccccc24)CCCC3)cc1OC. The van der Waals surface area contributed by atoms with Gasteiger partial charge < -0.3 is 15.2 Å². The van der Waals surface area contributed by atoms with E-state index in [1.54, 1.807) is 14.2 Å². The summed E-state index contributed by atoms with van der Waals surface area (Å²) in [5, 5.41) is 1.19. The third-order valence-corrected chi connectivity index (χ3v) is 5.69. The van der Waals surface area contributed by atoms with Crippen LogP contribution in [0, 0.1) is 0 Å². The fourth-order valence-electron chi connectivity index (χ4n) is 4.47. The van der Waals surface area contributed by atoms with Crippen LogP contribution < -0.4 is 15.2 Å². The molecule has 4 nitrogen and oxygen atoms in total. The number of aromatic nitrogens is 1. The topological polar surface area (TPSA) is 57.4 Å². The van der Waals surface area contributed by atoms with Crippen molar-refractivity contribution in [1.29, 1.82) is 0 Å². The number of para-hydroxylation sites is 1. The molecule has 0 atom stereocenters. The molecule has 1 aliphatic carbocycles. The van der Waals surface area contributed by atoms with Crippen LogP contribution in [-0.4, -0.2) is 24.7 Å². The first-order valence-electron chi connectivity index (χ1n) is 10.4. The smallest absolute Gasteiger partial charge is 0.161 e. The quantitative estimate of drug-likeness (QED) is 0.660. The second-order valence-corrected chi connectivity index (χ2v) is 8.67. The van der Waals surface area contributed by atoms with Gasteiger partial charge in [-0.1, -0.05) is 18.2 Å². The molecular formula is C25H30N2O2. The van der Waals surface area contributed by atoms with Crippen molar-refractivity contribution < 1.29 is 9.47 Å². The van der Waals surface area contributed by atoms with Crippen molar-refractivity contribution >= 4 is 10.9 Å². The van der Waals surface area contributed by atoms with E-state index in [-0.39, 0.29) is 5.54 Å². The van der Waals surface area contributed by atoms with E-state index in [0.29, 0.717) is 0 Å². The summed E-state index contributed by atoms with van der Waals surface area (Å²) in [5.74, 6) is 1.48. The molecule has 0 amide bonds. The molecule has 152 valence electrons. The highest BCUT2D eigenvalue weighted by molar-refractivity contribution is 5.98. The zero-order valence-corrected chi connectivity index (χ0v) is 17.8. The normalized spacial score (nSPS) is 14.0. The number of ether oxygens (including phenoxy) is 2. The van der Waals surface area contributed by atoms with Crippen molar-refractivity contribution in [3.63, 3.8) is 0 Å². The molecule has 0 fully saturated rings. The molecule has 0 bridgehead atoms. The van der Waals surface area contributed by atoms with Gasteiger partial charge in [0.2, 0.25) is 0 Å². The third-order valence-electron chi connectivity index (χ3n) is 5.69. The molecule has 0 spiro atoms. The Kier molecular flexibility index (Phi) is 5.22. The highest BCUT2D eigenvalue weighted by Gasteiger charge is 2.24. The minimum Gasteiger partial charge on any atom is -0.493 e. The Balaban J connectivity index is 2.07. The van der Waals surface area contributed by atoms with Gasteiger partial charge in [0.25, 0.3) is 0 Å². The van der Waals surface area contributed by atoms with Crippen LogP contribution in [-0.2, 0) is 19.3 Å². The summed E-state index contributed by atoms with van der Waals surface area (Å²) in [4.78, 5) is 5.00. The highest BCUT2D eigenvalue weighted by atomic mass is 16.5. The van der Waals surface area contributed by atoms with Gasteiger partial charge in [-0.15, -0.1) is 0 Å². The molecule has 2 aromatic carbocycles. The Labute approximate surface area is 173 Å². The van der Waals surface area contributed by atoms with E-state index >= 15 is 0 Å². The van der Waals surface area contributed by atoms with E-state index in [4.69, 9.17) is 20.2 Å². The Bertz CT molecular complexity index is 1050. The minimum atomic E-state index is -0.336. The Morgan fingerprint density at radius 3 is 2.41 bits per heavy atom. The van der Waals surface area contributed by atoms with Crippen LogP contribution in [0.4, 0.5) is 0 Å². The second-order valence-electron chi connectivity index (χ2n) is 8.67. The van der Waals surface area contributed by atoms with Gasteiger partial charge in [0, 0.05) is 16.6 Å². The van der Waals surface area contributed by atoms with Crippen molar-refractivity contribution in [1.82, 2.24) is 4.98 Å². The van der Waals surface area contributed by atoms with E-state index in [2.05, 4.69) is 50.2 Å². The highest BCUT2D eigenvalue weighted by Crippen LogP contribution is 2.43. The minimum absolute atomic E-state index is 0.336. The molecule has 1 heterocycles. The summed E-state index contributed by atoms with van der Waals surface area (Å²) in [5.41, 5.74) is 13.4.